The highest BCUT2D eigenvalue weighted by molar-refractivity contribution is 6.35. The van der Waals surface area contributed by atoms with Gasteiger partial charge >= 0.3 is 0 Å². The maximum absolute atomic E-state index is 14.4. The van der Waals surface area contributed by atoms with Crippen LogP contribution in [0.1, 0.15) is 191 Å². The van der Waals surface area contributed by atoms with Crippen molar-refractivity contribution < 1.29 is 48.0 Å². The Labute approximate surface area is 466 Å². The number of hydrogen-bond donors (Lipinski definition) is 0. The van der Waals surface area contributed by atoms with E-state index in [-0.39, 0.29) is 97.1 Å². The number of fused-ring (bicyclic) bond motifs is 10. The van der Waals surface area contributed by atoms with E-state index < -0.39 is 33.5 Å². The molecule has 0 saturated heterocycles. The molecule has 0 N–H and O–H groups in total. The minimum Gasteiger partial charge on any atom is -0.493 e. The van der Waals surface area contributed by atoms with Crippen molar-refractivity contribution in [2.45, 2.75) is 130 Å². The van der Waals surface area contributed by atoms with E-state index in [4.69, 9.17) is 18.9 Å². The van der Waals surface area contributed by atoms with Gasteiger partial charge in [-0.2, -0.15) is 0 Å². The van der Waals surface area contributed by atoms with E-state index in [1.54, 1.807) is 72.8 Å². The van der Waals surface area contributed by atoms with Crippen LogP contribution in [0.3, 0.4) is 0 Å². The first kappa shape index (κ1) is 56.3. The van der Waals surface area contributed by atoms with Crippen LogP contribution in [0.4, 0.5) is 22.7 Å². The summed E-state index contributed by atoms with van der Waals surface area (Å²) in [5, 5.41) is 26.5. The summed E-state index contributed by atoms with van der Waals surface area (Å²) in [7, 11) is 0. The standard InChI is InChI=1S/C64H68N4O12/c1-5-9-17-25-77-57-41-29-45-37-51(67(73)74)39-47(59(45)79-27-19-11-7-3)31-43-35-50(66-63(71)55-23-15-16-24-56(55)64(66)72)36-44(58(43)78-26-18-10-6-2)32-48-40-52(68(75)76)38-46(60(48)80-28-20-12-8-4)30-42(57)34-49(33-41)65-61(69)53-21-13-14-22-54(53)62(65)70/h13-16,21-24,33-40H,5-12,17-20,25-32H2,1-4H3. The molecule has 0 saturated carbocycles. The minimum absolute atomic E-state index is 0.0494. The number of anilines is 2. The van der Waals surface area contributed by atoms with Crippen molar-refractivity contribution in [2.75, 3.05) is 36.2 Å². The summed E-state index contributed by atoms with van der Waals surface area (Å²) in [6.45, 7) is 9.39. The summed E-state index contributed by atoms with van der Waals surface area (Å²) in [6, 6.07) is 26.0. The van der Waals surface area contributed by atoms with Gasteiger partial charge in [-0.25, -0.2) is 9.80 Å². The van der Waals surface area contributed by atoms with Gasteiger partial charge in [-0.15, -0.1) is 0 Å². The van der Waals surface area contributed by atoms with Gasteiger partial charge in [0.25, 0.3) is 35.0 Å². The molecule has 6 aromatic rings. The maximum Gasteiger partial charge on any atom is 0.270 e. The Morgan fingerprint density at radius 1 is 0.375 bits per heavy atom. The van der Waals surface area contributed by atoms with Gasteiger partial charge in [0, 0.05) is 94.5 Å². The molecule has 0 atom stereocenters. The molecule has 416 valence electrons. The molecule has 16 heteroatoms. The van der Waals surface area contributed by atoms with Crippen LogP contribution < -0.4 is 28.7 Å². The molecule has 0 unspecified atom stereocenters. The van der Waals surface area contributed by atoms with Gasteiger partial charge in [0.2, 0.25) is 0 Å². The molecule has 80 heavy (non-hydrogen) atoms. The molecule has 2 heterocycles. The Balaban J connectivity index is 1.37. The molecule has 1 aliphatic carbocycles. The zero-order chi connectivity index (χ0) is 56.5. The van der Waals surface area contributed by atoms with E-state index in [2.05, 4.69) is 27.7 Å². The number of nitrogens with zero attached hydrogens (tertiary/aromatic N) is 4. The lowest BCUT2D eigenvalue weighted by Gasteiger charge is -2.25. The number of ether oxygens (including phenoxy) is 4. The zero-order valence-corrected chi connectivity index (χ0v) is 46.1. The van der Waals surface area contributed by atoms with Gasteiger partial charge in [0.1, 0.15) is 23.0 Å². The van der Waals surface area contributed by atoms with E-state index in [1.165, 1.54) is 24.3 Å². The number of non-ortho nitro benzene ring substituents is 2. The molecule has 6 aromatic carbocycles. The van der Waals surface area contributed by atoms with Gasteiger partial charge in [-0.3, -0.25) is 39.4 Å². The van der Waals surface area contributed by atoms with Crippen LogP contribution in [0.15, 0.2) is 97.1 Å². The van der Waals surface area contributed by atoms with Crippen LogP contribution in [0, 0.1) is 20.2 Å². The molecule has 16 nitrogen and oxygen atoms in total. The second kappa shape index (κ2) is 25.6. The number of carbonyl (C=O) groups excluding carboxylic acids is 4. The Bertz CT molecular complexity index is 2980. The predicted octanol–water partition coefficient (Wildman–Crippen LogP) is 14.1. The summed E-state index contributed by atoms with van der Waals surface area (Å²) < 4.78 is 27.4. The summed E-state index contributed by atoms with van der Waals surface area (Å²) >= 11 is 0. The highest BCUT2D eigenvalue weighted by atomic mass is 16.6. The zero-order valence-electron chi connectivity index (χ0n) is 46.1. The van der Waals surface area contributed by atoms with Crippen molar-refractivity contribution in [1.82, 2.24) is 0 Å². The van der Waals surface area contributed by atoms with E-state index in [1.807, 2.05) is 0 Å². The number of nitro benzene ring substituents is 2. The molecule has 0 fully saturated rings. The molecule has 8 bridgehead atoms. The van der Waals surface area contributed by atoms with Crippen molar-refractivity contribution in [3.63, 3.8) is 0 Å². The molecular weight excluding hydrogens is 1020 g/mol. The minimum atomic E-state index is -0.536. The van der Waals surface area contributed by atoms with E-state index in [9.17, 15) is 39.4 Å². The fourth-order valence-corrected chi connectivity index (χ4v) is 11.0. The fraction of sp³-hybridized carbons (Fsp3) is 0.375. The van der Waals surface area contributed by atoms with E-state index in [0.29, 0.717) is 93.2 Å². The summed E-state index contributed by atoms with van der Waals surface area (Å²) in [6.07, 6.45) is 9.52. The third-order valence-electron chi connectivity index (χ3n) is 14.9. The largest absolute Gasteiger partial charge is 0.493 e. The van der Waals surface area contributed by atoms with Crippen LogP contribution in [-0.2, 0) is 25.7 Å². The van der Waals surface area contributed by atoms with Crippen LogP contribution in [0.2, 0.25) is 0 Å². The monoisotopic (exact) mass is 1080 g/mol. The third-order valence-corrected chi connectivity index (χ3v) is 14.9. The lowest BCUT2D eigenvalue weighted by Crippen LogP contribution is -2.29. The fourth-order valence-electron chi connectivity index (χ4n) is 11.0. The number of benzene rings is 6. The van der Waals surface area contributed by atoms with Gasteiger partial charge in [-0.1, -0.05) is 103 Å². The molecule has 2 aliphatic heterocycles. The van der Waals surface area contributed by atoms with E-state index in [0.717, 1.165) is 61.2 Å². The second-order valence-corrected chi connectivity index (χ2v) is 20.8. The number of carbonyl (C=O) groups is 4. The first-order valence-electron chi connectivity index (χ1n) is 28.2. The first-order chi connectivity index (χ1) is 38.8. The smallest absolute Gasteiger partial charge is 0.270 e. The molecule has 3 aliphatic rings. The Morgan fingerprint density at radius 2 is 0.600 bits per heavy atom. The number of unbranched alkanes of at least 4 members (excludes halogenated alkanes) is 8. The van der Waals surface area contributed by atoms with E-state index >= 15 is 0 Å². The molecule has 0 radical (unpaired) electrons. The first-order valence-corrected chi connectivity index (χ1v) is 28.2. The molecule has 0 spiro atoms. The number of amides is 4. The number of nitro groups is 2. The number of hydrogen-bond acceptors (Lipinski definition) is 12. The van der Waals surface area contributed by atoms with Gasteiger partial charge in [-0.05, 0) is 74.2 Å². The topological polar surface area (TPSA) is 198 Å². The van der Waals surface area contributed by atoms with Gasteiger partial charge < -0.3 is 18.9 Å². The third kappa shape index (κ3) is 11.9. The van der Waals surface area contributed by atoms with Gasteiger partial charge in [0.15, 0.2) is 0 Å². The van der Waals surface area contributed by atoms with Crippen molar-refractivity contribution in [2.24, 2.45) is 0 Å². The Kier molecular flexibility index (Phi) is 18.0. The quantitative estimate of drug-likeness (QED) is 0.0240. The average Bonchev–Trinajstić information content (AvgIpc) is 3.88. The SMILES string of the molecule is CCCCCOc1c2cc(N3C(=O)c4ccccc4C3=O)cc1Cc1cc([N+](=O)[O-])cc(c1OCCCCC)Cc1cc(N3C(=O)c4ccccc4C3=O)cc(c1OCCCCC)Cc1cc([N+](=O)[O-])cc(c1OCCCCC)C2. The molecular formula is C64H68N4O12. The van der Waals surface area contributed by atoms with Gasteiger partial charge in [0.05, 0.1) is 69.9 Å². The Hall–Kier alpha value is -8.40. The normalized spacial score (nSPS) is 13.6. The van der Waals surface area contributed by atoms with Crippen molar-refractivity contribution in [1.29, 1.82) is 0 Å². The highest BCUT2D eigenvalue weighted by Crippen LogP contribution is 2.45. The second-order valence-electron chi connectivity index (χ2n) is 20.8. The lowest BCUT2D eigenvalue weighted by atomic mass is 9.90. The van der Waals surface area contributed by atoms with Crippen LogP contribution in [0.5, 0.6) is 23.0 Å². The van der Waals surface area contributed by atoms with Crippen LogP contribution >= 0.6 is 0 Å². The summed E-state index contributed by atoms with van der Waals surface area (Å²) in [5.41, 5.74) is 4.50. The van der Waals surface area contributed by atoms with Crippen LogP contribution in [0.25, 0.3) is 0 Å². The lowest BCUT2D eigenvalue weighted by molar-refractivity contribution is -0.385. The molecule has 0 aromatic heterocycles. The van der Waals surface area contributed by atoms with Crippen molar-refractivity contribution >= 4 is 46.4 Å². The summed E-state index contributed by atoms with van der Waals surface area (Å²) in [5.74, 6) is -0.620. The highest BCUT2D eigenvalue weighted by Gasteiger charge is 2.39. The molecule has 4 amide bonds. The van der Waals surface area contributed by atoms with Crippen molar-refractivity contribution in [3.8, 4) is 23.0 Å². The number of rotatable bonds is 24. The average molecular weight is 1090 g/mol. The number of imide groups is 2. The van der Waals surface area contributed by atoms with Crippen LogP contribution in [-0.4, -0.2) is 59.9 Å². The predicted molar refractivity (Wildman–Crippen MR) is 306 cm³/mol. The maximum atomic E-state index is 14.4. The summed E-state index contributed by atoms with van der Waals surface area (Å²) in [4.78, 5) is 85.4. The molecule has 9 rings (SSSR count). The van der Waals surface area contributed by atoms with Crippen molar-refractivity contribution in [3.05, 3.63) is 184 Å². The Morgan fingerprint density at radius 3 is 0.812 bits per heavy atom.